The van der Waals surface area contributed by atoms with Crippen molar-refractivity contribution in [2.75, 3.05) is 5.73 Å². The molecule has 3 N–H and O–H groups in total. The van der Waals surface area contributed by atoms with Crippen LogP contribution in [-0.4, -0.2) is 17.6 Å². The van der Waals surface area contributed by atoms with E-state index in [1.165, 1.54) is 18.2 Å². The molecule has 0 saturated heterocycles. The van der Waals surface area contributed by atoms with Gasteiger partial charge in [0.1, 0.15) is 5.75 Å². The van der Waals surface area contributed by atoms with Gasteiger partial charge in [-0.25, -0.2) is 9.59 Å². The van der Waals surface area contributed by atoms with Gasteiger partial charge in [0.05, 0.1) is 11.3 Å². The van der Waals surface area contributed by atoms with E-state index in [9.17, 15) is 9.59 Å². The molecule has 0 heterocycles. The molecule has 2 rings (SSSR count). The zero-order valence-electron chi connectivity index (χ0n) is 13.8. The third kappa shape index (κ3) is 5.01. The van der Waals surface area contributed by atoms with Crippen molar-refractivity contribution in [1.29, 1.82) is 0 Å². The van der Waals surface area contributed by atoms with Crippen LogP contribution < -0.4 is 20.5 Å². The number of hydrogen-bond acceptors (Lipinski definition) is 5. The highest BCUT2D eigenvalue weighted by atomic mass is 16.6. The Morgan fingerprint density at radius 1 is 1.00 bits per heavy atom. The van der Waals surface area contributed by atoms with Crippen molar-refractivity contribution in [3.05, 3.63) is 54.1 Å². The smallest absolute Gasteiger partial charge is 0.413 e. The molecule has 0 aromatic heterocycles. The molecule has 0 spiro atoms. The first-order valence-electron chi connectivity index (χ1n) is 7.41. The number of esters is 1. The maximum absolute atomic E-state index is 12.1. The van der Waals surface area contributed by atoms with Crippen molar-refractivity contribution in [3.63, 3.8) is 0 Å². The number of carbonyl (C=O) groups is 2. The van der Waals surface area contributed by atoms with Crippen molar-refractivity contribution in [3.8, 4) is 11.5 Å². The lowest BCUT2D eigenvalue weighted by atomic mass is 10.1. The van der Waals surface area contributed by atoms with Crippen LogP contribution in [0.4, 0.5) is 10.5 Å². The molecule has 0 fully saturated rings. The SMILES string of the molecule is CC(C)(C)NC(=O)Oc1ccc(C(=O)Oc2ccccc2)cc1N. The van der Waals surface area contributed by atoms with Gasteiger partial charge in [0, 0.05) is 5.54 Å². The highest BCUT2D eigenvalue weighted by Gasteiger charge is 2.17. The number of rotatable bonds is 3. The van der Waals surface area contributed by atoms with Gasteiger partial charge in [0.2, 0.25) is 0 Å². The third-order valence-electron chi connectivity index (χ3n) is 2.88. The predicted octanol–water partition coefficient (Wildman–Crippen LogP) is 3.37. The van der Waals surface area contributed by atoms with Crippen LogP contribution in [0, 0.1) is 0 Å². The van der Waals surface area contributed by atoms with Gasteiger partial charge in [-0.3, -0.25) is 0 Å². The van der Waals surface area contributed by atoms with Crippen LogP contribution in [0.25, 0.3) is 0 Å². The van der Waals surface area contributed by atoms with E-state index in [1.807, 2.05) is 26.8 Å². The lowest BCUT2D eigenvalue weighted by Crippen LogP contribution is -2.42. The van der Waals surface area contributed by atoms with Gasteiger partial charge < -0.3 is 20.5 Å². The number of benzene rings is 2. The second-order valence-corrected chi connectivity index (χ2v) is 6.22. The Morgan fingerprint density at radius 3 is 2.25 bits per heavy atom. The maximum atomic E-state index is 12.1. The molecular formula is C18H20N2O4. The lowest BCUT2D eigenvalue weighted by molar-refractivity contribution is 0.0735. The van der Waals surface area contributed by atoms with Gasteiger partial charge in [0.15, 0.2) is 5.75 Å². The number of para-hydroxylation sites is 1. The van der Waals surface area contributed by atoms with Crippen LogP contribution in [-0.2, 0) is 0 Å². The first kappa shape index (κ1) is 17.3. The summed E-state index contributed by atoms with van der Waals surface area (Å²) in [5.74, 6) is 0.0672. The average Bonchev–Trinajstić information content (AvgIpc) is 2.48. The molecule has 0 bridgehead atoms. The molecule has 24 heavy (non-hydrogen) atoms. The van der Waals surface area contributed by atoms with Gasteiger partial charge in [0.25, 0.3) is 0 Å². The standard InChI is InChI=1S/C18H20N2O4/c1-18(2,3)20-17(22)24-15-10-9-12(11-14(15)19)16(21)23-13-7-5-4-6-8-13/h4-11H,19H2,1-3H3,(H,20,22). The number of carbonyl (C=O) groups excluding carboxylic acids is 2. The number of nitrogens with two attached hydrogens (primary N) is 1. The number of nitrogen functional groups attached to an aromatic ring is 1. The second-order valence-electron chi connectivity index (χ2n) is 6.22. The average molecular weight is 328 g/mol. The number of amides is 1. The summed E-state index contributed by atoms with van der Waals surface area (Å²) in [6.07, 6.45) is -0.617. The van der Waals surface area contributed by atoms with Crippen LogP contribution in [0.5, 0.6) is 11.5 Å². The Labute approximate surface area is 140 Å². The van der Waals surface area contributed by atoms with Gasteiger partial charge in [-0.1, -0.05) is 18.2 Å². The molecule has 0 radical (unpaired) electrons. The van der Waals surface area contributed by atoms with E-state index in [2.05, 4.69) is 5.32 Å². The Bertz CT molecular complexity index is 736. The van der Waals surface area contributed by atoms with Crippen LogP contribution in [0.15, 0.2) is 48.5 Å². The van der Waals surface area contributed by atoms with Crippen molar-refractivity contribution < 1.29 is 19.1 Å². The molecule has 1 amide bonds. The summed E-state index contributed by atoms with van der Waals surface area (Å²) in [4.78, 5) is 23.8. The van der Waals surface area contributed by atoms with E-state index < -0.39 is 17.6 Å². The molecule has 2 aromatic carbocycles. The van der Waals surface area contributed by atoms with Gasteiger partial charge in [-0.05, 0) is 51.1 Å². The Balaban J connectivity index is 2.06. The number of ether oxygens (including phenoxy) is 2. The first-order valence-corrected chi connectivity index (χ1v) is 7.41. The fourth-order valence-corrected chi connectivity index (χ4v) is 1.85. The summed E-state index contributed by atoms with van der Waals surface area (Å²) < 4.78 is 10.4. The normalized spacial score (nSPS) is 10.8. The van der Waals surface area contributed by atoms with E-state index in [4.69, 9.17) is 15.2 Å². The second kappa shape index (κ2) is 7.04. The molecule has 0 atom stereocenters. The lowest BCUT2D eigenvalue weighted by Gasteiger charge is -2.20. The summed E-state index contributed by atoms with van der Waals surface area (Å²) in [5.41, 5.74) is 5.86. The van der Waals surface area contributed by atoms with Gasteiger partial charge in [-0.15, -0.1) is 0 Å². The molecule has 126 valence electrons. The molecule has 0 aliphatic heterocycles. The Morgan fingerprint density at radius 2 is 1.67 bits per heavy atom. The van der Waals surface area contributed by atoms with Crippen LogP contribution in [0.1, 0.15) is 31.1 Å². The zero-order chi connectivity index (χ0) is 17.7. The summed E-state index contributed by atoms with van der Waals surface area (Å²) in [6, 6.07) is 13.1. The number of hydrogen-bond donors (Lipinski definition) is 2. The molecular weight excluding hydrogens is 308 g/mol. The van der Waals surface area contributed by atoms with Crippen LogP contribution in [0.2, 0.25) is 0 Å². The summed E-state index contributed by atoms with van der Waals surface area (Å²) >= 11 is 0. The first-order chi connectivity index (χ1) is 11.2. The topological polar surface area (TPSA) is 90.6 Å². The van der Waals surface area contributed by atoms with Crippen molar-refractivity contribution in [2.45, 2.75) is 26.3 Å². The minimum absolute atomic E-state index is 0.168. The highest BCUT2D eigenvalue weighted by Crippen LogP contribution is 2.24. The van der Waals surface area contributed by atoms with E-state index in [0.29, 0.717) is 5.75 Å². The van der Waals surface area contributed by atoms with Crippen molar-refractivity contribution in [2.24, 2.45) is 0 Å². The molecule has 0 saturated carbocycles. The minimum Gasteiger partial charge on any atom is -0.423 e. The molecule has 6 nitrogen and oxygen atoms in total. The van der Waals surface area contributed by atoms with Gasteiger partial charge in [-0.2, -0.15) is 0 Å². The zero-order valence-corrected chi connectivity index (χ0v) is 13.8. The van der Waals surface area contributed by atoms with E-state index in [-0.39, 0.29) is 17.0 Å². The molecule has 0 aliphatic carbocycles. The fourth-order valence-electron chi connectivity index (χ4n) is 1.85. The Kier molecular flexibility index (Phi) is 5.08. The highest BCUT2D eigenvalue weighted by molar-refractivity contribution is 5.92. The summed E-state index contributed by atoms with van der Waals surface area (Å²) in [7, 11) is 0. The van der Waals surface area contributed by atoms with Crippen LogP contribution in [0.3, 0.4) is 0 Å². The van der Waals surface area contributed by atoms with E-state index >= 15 is 0 Å². The summed E-state index contributed by atoms with van der Waals surface area (Å²) in [5, 5.41) is 2.66. The van der Waals surface area contributed by atoms with Gasteiger partial charge >= 0.3 is 12.1 Å². The van der Waals surface area contributed by atoms with Crippen molar-refractivity contribution >= 4 is 17.7 Å². The maximum Gasteiger partial charge on any atom is 0.413 e. The fraction of sp³-hybridized carbons (Fsp3) is 0.222. The number of nitrogens with one attached hydrogen (secondary N) is 1. The quantitative estimate of drug-likeness (QED) is 0.512. The van der Waals surface area contributed by atoms with Crippen molar-refractivity contribution in [1.82, 2.24) is 5.32 Å². The Hall–Kier alpha value is -3.02. The molecule has 2 aromatic rings. The number of anilines is 1. The molecule has 0 aliphatic rings. The third-order valence-corrected chi connectivity index (χ3v) is 2.88. The van der Waals surface area contributed by atoms with Crippen LogP contribution >= 0.6 is 0 Å². The van der Waals surface area contributed by atoms with E-state index in [0.717, 1.165) is 0 Å². The predicted molar refractivity (Wildman–Crippen MR) is 91.2 cm³/mol. The van der Waals surface area contributed by atoms with E-state index in [1.54, 1.807) is 24.3 Å². The largest absolute Gasteiger partial charge is 0.423 e. The molecule has 6 heteroatoms. The summed E-state index contributed by atoms with van der Waals surface area (Å²) in [6.45, 7) is 5.50. The monoisotopic (exact) mass is 328 g/mol. The molecule has 0 unspecified atom stereocenters. The minimum atomic E-state index is -0.617.